The van der Waals surface area contributed by atoms with Gasteiger partial charge in [0, 0.05) is 12.1 Å². The average molecular weight is 251 g/mol. The Morgan fingerprint density at radius 1 is 1.33 bits per heavy atom. The van der Waals surface area contributed by atoms with Gasteiger partial charge in [0.2, 0.25) is 0 Å². The van der Waals surface area contributed by atoms with Crippen molar-refractivity contribution in [3.63, 3.8) is 0 Å². The third-order valence-corrected chi connectivity index (χ3v) is 3.24. The molecule has 0 saturated heterocycles. The summed E-state index contributed by atoms with van der Waals surface area (Å²) in [4.78, 5) is 0. The summed E-state index contributed by atoms with van der Waals surface area (Å²) in [5.74, 6) is 0.917. The maximum absolute atomic E-state index is 9.23. The molecule has 0 saturated carbocycles. The molecule has 0 aromatic heterocycles. The van der Waals surface area contributed by atoms with Crippen LogP contribution in [0.2, 0.25) is 0 Å². The first kappa shape index (κ1) is 15.0. The zero-order valence-corrected chi connectivity index (χ0v) is 11.7. The number of benzene rings is 1. The molecule has 1 atom stereocenters. The van der Waals surface area contributed by atoms with E-state index >= 15 is 0 Å². The van der Waals surface area contributed by atoms with Crippen molar-refractivity contribution in [1.82, 2.24) is 5.32 Å². The second-order valence-electron chi connectivity index (χ2n) is 4.95. The number of ether oxygens (including phenoxy) is 1. The lowest BCUT2D eigenvalue weighted by Crippen LogP contribution is -2.45. The monoisotopic (exact) mass is 251 g/mol. The first-order chi connectivity index (χ1) is 8.65. The highest BCUT2D eigenvalue weighted by molar-refractivity contribution is 5.34. The average Bonchev–Trinajstić information content (AvgIpc) is 2.37. The molecule has 1 rings (SSSR count). The van der Waals surface area contributed by atoms with Crippen LogP contribution in [0.3, 0.4) is 0 Å². The summed E-state index contributed by atoms with van der Waals surface area (Å²) in [6.07, 6.45) is 2.69. The number of rotatable bonds is 8. The standard InChI is InChI=1S/C15H25NO2/c1-4-10-16-15(2,9-11-17)12-13-7-5-6-8-14(13)18-3/h5-8,16-17H,4,9-12H2,1-3H3. The zero-order valence-electron chi connectivity index (χ0n) is 11.7. The van der Waals surface area contributed by atoms with E-state index in [1.807, 2.05) is 18.2 Å². The minimum absolute atomic E-state index is 0.0839. The maximum Gasteiger partial charge on any atom is 0.122 e. The van der Waals surface area contributed by atoms with Crippen LogP contribution in [0.15, 0.2) is 24.3 Å². The number of aliphatic hydroxyl groups is 1. The molecule has 0 spiro atoms. The van der Waals surface area contributed by atoms with Gasteiger partial charge in [-0.1, -0.05) is 25.1 Å². The van der Waals surface area contributed by atoms with E-state index < -0.39 is 0 Å². The second-order valence-corrected chi connectivity index (χ2v) is 4.95. The number of aliphatic hydroxyl groups excluding tert-OH is 1. The summed E-state index contributed by atoms with van der Waals surface area (Å²) in [5, 5.41) is 12.8. The fourth-order valence-corrected chi connectivity index (χ4v) is 2.18. The van der Waals surface area contributed by atoms with Gasteiger partial charge in [0.15, 0.2) is 0 Å². The maximum atomic E-state index is 9.23. The highest BCUT2D eigenvalue weighted by atomic mass is 16.5. The summed E-state index contributed by atoms with van der Waals surface area (Å²) >= 11 is 0. The molecular formula is C15H25NO2. The van der Waals surface area contributed by atoms with Crippen molar-refractivity contribution in [2.75, 3.05) is 20.3 Å². The predicted octanol–water partition coefficient (Wildman–Crippen LogP) is 2.38. The van der Waals surface area contributed by atoms with E-state index in [1.165, 1.54) is 5.56 Å². The van der Waals surface area contributed by atoms with Gasteiger partial charge in [0.05, 0.1) is 7.11 Å². The third-order valence-electron chi connectivity index (χ3n) is 3.24. The van der Waals surface area contributed by atoms with Crippen LogP contribution in [0, 0.1) is 0 Å². The van der Waals surface area contributed by atoms with Crippen LogP contribution in [0.1, 0.15) is 32.3 Å². The lowest BCUT2D eigenvalue weighted by Gasteiger charge is -2.31. The summed E-state index contributed by atoms with van der Waals surface area (Å²) in [7, 11) is 1.70. The predicted molar refractivity (Wildman–Crippen MR) is 75.1 cm³/mol. The van der Waals surface area contributed by atoms with Gasteiger partial charge >= 0.3 is 0 Å². The minimum Gasteiger partial charge on any atom is -0.496 e. The quantitative estimate of drug-likeness (QED) is 0.745. The number of methoxy groups -OCH3 is 1. The molecule has 1 unspecified atom stereocenters. The molecule has 0 aliphatic carbocycles. The van der Waals surface area contributed by atoms with Crippen molar-refractivity contribution in [2.24, 2.45) is 0 Å². The molecule has 0 fully saturated rings. The molecule has 0 bridgehead atoms. The van der Waals surface area contributed by atoms with Crippen LogP contribution >= 0.6 is 0 Å². The molecule has 0 radical (unpaired) electrons. The fourth-order valence-electron chi connectivity index (χ4n) is 2.18. The van der Waals surface area contributed by atoms with Gasteiger partial charge in [-0.15, -0.1) is 0 Å². The molecule has 1 aromatic rings. The molecule has 0 aliphatic heterocycles. The summed E-state index contributed by atoms with van der Waals surface area (Å²) < 4.78 is 5.38. The SMILES string of the molecule is CCCNC(C)(CCO)Cc1ccccc1OC. The Bertz CT molecular complexity index is 354. The Hall–Kier alpha value is -1.06. The normalized spacial score (nSPS) is 14.2. The molecular weight excluding hydrogens is 226 g/mol. The van der Waals surface area contributed by atoms with Crippen molar-refractivity contribution >= 4 is 0 Å². The molecule has 18 heavy (non-hydrogen) atoms. The minimum atomic E-state index is -0.0839. The van der Waals surface area contributed by atoms with E-state index in [0.29, 0.717) is 0 Å². The fraction of sp³-hybridized carbons (Fsp3) is 0.600. The molecule has 3 nitrogen and oxygen atoms in total. The van der Waals surface area contributed by atoms with Crippen molar-refractivity contribution < 1.29 is 9.84 Å². The highest BCUT2D eigenvalue weighted by Crippen LogP contribution is 2.24. The lowest BCUT2D eigenvalue weighted by molar-refractivity contribution is 0.218. The lowest BCUT2D eigenvalue weighted by atomic mass is 9.89. The van der Waals surface area contributed by atoms with Crippen LogP contribution in [-0.2, 0) is 6.42 Å². The Kier molecular flexibility index (Phi) is 6.16. The van der Waals surface area contributed by atoms with E-state index in [1.54, 1.807) is 7.11 Å². The summed E-state index contributed by atoms with van der Waals surface area (Å²) in [5.41, 5.74) is 1.10. The van der Waals surface area contributed by atoms with Crippen LogP contribution < -0.4 is 10.1 Å². The topological polar surface area (TPSA) is 41.5 Å². The van der Waals surface area contributed by atoms with E-state index in [2.05, 4.69) is 25.2 Å². The van der Waals surface area contributed by atoms with Crippen molar-refractivity contribution in [2.45, 2.75) is 38.6 Å². The second kappa shape index (κ2) is 7.39. The van der Waals surface area contributed by atoms with Crippen LogP contribution in [0.5, 0.6) is 5.75 Å². The summed E-state index contributed by atoms with van der Waals surface area (Å²) in [6.45, 7) is 5.47. The van der Waals surface area contributed by atoms with Gasteiger partial charge in [-0.2, -0.15) is 0 Å². The van der Waals surface area contributed by atoms with Gasteiger partial charge in [-0.25, -0.2) is 0 Å². The summed E-state index contributed by atoms with van der Waals surface area (Å²) in [6, 6.07) is 8.07. The third kappa shape index (κ3) is 4.31. The van der Waals surface area contributed by atoms with Crippen LogP contribution in [0.4, 0.5) is 0 Å². The molecule has 102 valence electrons. The van der Waals surface area contributed by atoms with E-state index in [-0.39, 0.29) is 12.1 Å². The van der Waals surface area contributed by atoms with E-state index in [0.717, 1.165) is 31.6 Å². The van der Waals surface area contributed by atoms with Gasteiger partial charge in [-0.05, 0) is 44.4 Å². The van der Waals surface area contributed by atoms with Gasteiger partial charge < -0.3 is 15.2 Å². The Morgan fingerprint density at radius 2 is 2.06 bits per heavy atom. The molecule has 3 heteroatoms. The molecule has 0 aliphatic rings. The van der Waals surface area contributed by atoms with Crippen LogP contribution in [-0.4, -0.2) is 30.9 Å². The molecule has 1 aromatic carbocycles. The van der Waals surface area contributed by atoms with Crippen molar-refractivity contribution in [3.8, 4) is 5.75 Å². The Labute approximate surface area is 110 Å². The molecule has 0 heterocycles. The number of nitrogens with one attached hydrogen (secondary N) is 1. The number of hydrogen-bond acceptors (Lipinski definition) is 3. The van der Waals surface area contributed by atoms with Crippen molar-refractivity contribution in [1.29, 1.82) is 0 Å². The van der Waals surface area contributed by atoms with Gasteiger partial charge in [0.1, 0.15) is 5.75 Å². The smallest absolute Gasteiger partial charge is 0.122 e. The number of hydrogen-bond donors (Lipinski definition) is 2. The zero-order chi connectivity index (χ0) is 13.4. The van der Waals surface area contributed by atoms with Gasteiger partial charge in [0.25, 0.3) is 0 Å². The highest BCUT2D eigenvalue weighted by Gasteiger charge is 2.24. The number of para-hydroxylation sites is 1. The van der Waals surface area contributed by atoms with Gasteiger partial charge in [-0.3, -0.25) is 0 Å². The van der Waals surface area contributed by atoms with E-state index in [9.17, 15) is 5.11 Å². The first-order valence-corrected chi connectivity index (χ1v) is 6.63. The first-order valence-electron chi connectivity index (χ1n) is 6.63. The Morgan fingerprint density at radius 3 is 2.67 bits per heavy atom. The molecule has 2 N–H and O–H groups in total. The Balaban J connectivity index is 2.81. The molecule has 0 amide bonds. The largest absolute Gasteiger partial charge is 0.496 e. The van der Waals surface area contributed by atoms with Crippen molar-refractivity contribution in [3.05, 3.63) is 29.8 Å². The van der Waals surface area contributed by atoms with Crippen LogP contribution in [0.25, 0.3) is 0 Å². The van der Waals surface area contributed by atoms with E-state index in [4.69, 9.17) is 4.74 Å².